The molecule has 1 aliphatic rings. The van der Waals surface area contributed by atoms with Crippen molar-refractivity contribution >= 4 is 33.6 Å². The summed E-state index contributed by atoms with van der Waals surface area (Å²) in [7, 11) is 0. The summed E-state index contributed by atoms with van der Waals surface area (Å²) in [5.74, 6) is 0.699. The summed E-state index contributed by atoms with van der Waals surface area (Å²) in [6, 6.07) is 11.3. The van der Waals surface area contributed by atoms with Crippen LogP contribution in [0.3, 0.4) is 0 Å². The normalized spacial score (nSPS) is 14.6. The zero-order chi connectivity index (χ0) is 18.8. The third kappa shape index (κ3) is 3.52. The number of amides is 2. The Morgan fingerprint density at radius 1 is 1.11 bits per heavy atom. The number of piperazine rings is 1. The van der Waals surface area contributed by atoms with E-state index in [1.807, 2.05) is 24.3 Å². The number of benzene rings is 1. The van der Waals surface area contributed by atoms with Gasteiger partial charge in [0.1, 0.15) is 0 Å². The molecule has 0 spiro atoms. The first kappa shape index (κ1) is 17.5. The van der Waals surface area contributed by atoms with Crippen LogP contribution in [0.4, 0.5) is 4.79 Å². The Morgan fingerprint density at radius 3 is 2.59 bits per heavy atom. The van der Waals surface area contributed by atoms with Gasteiger partial charge in [-0.05, 0) is 31.2 Å². The number of furan rings is 1. The van der Waals surface area contributed by atoms with E-state index < -0.39 is 0 Å². The van der Waals surface area contributed by atoms with Gasteiger partial charge >= 0.3 is 6.09 Å². The minimum atomic E-state index is -0.333. The number of nitrogens with zero attached hydrogens (tertiary/aromatic N) is 3. The van der Waals surface area contributed by atoms with E-state index in [4.69, 9.17) is 9.15 Å². The van der Waals surface area contributed by atoms with E-state index in [9.17, 15) is 9.59 Å². The summed E-state index contributed by atoms with van der Waals surface area (Å²) in [6.07, 6.45) is -0.333. The van der Waals surface area contributed by atoms with Crippen LogP contribution in [0.25, 0.3) is 21.0 Å². The number of fused-ring (bicyclic) bond motifs is 1. The van der Waals surface area contributed by atoms with E-state index >= 15 is 0 Å². The molecule has 1 saturated heterocycles. The minimum Gasteiger partial charge on any atom is -0.450 e. The summed E-state index contributed by atoms with van der Waals surface area (Å²) in [5.41, 5.74) is 0.914. The van der Waals surface area contributed by atoms with Crippen LogP contribution in [0.1, 0.15) is 17.5 Å². The van der Waals surface area contributed by atoms with Gasteiger partial charge in [-0.1, -0.05) is 12.1 Å². The predicted octanol–water partition coefficient (Wildman–Crippen LogP) is 3.47. The molecule has 0 radical (unpaired) electrons. The number of carbonyl (C=O) groups is 2. The zero-order valence-corrected chi connectivity index (χ0v) is 15.7. The van der Waals surface area contributed by atoms with Gasteiger partial charge in [0.25, 0.3) is 5.91 Å². The van der Waals surface area contributed by atoms with Crippen molar-refractivity contribution in [3.63, 3.8) is 0 Å². The van der Waals surface area contributed by atoms with Crippen LogP contribution < -0.4 is 0 Å². The second kappa shape index (κ2) is 7.40. The average Bonchev–Trinajstić information content (AvgIpc) is 3.34. The molecule has 3 heterocycles. The molecule has 1 aliphatic heterocycles. The molecule has 0 bridgehead atoms. The van der Waals surface area contributed by atoms with E-state index in [-0.39, 0.29) is 17.8 Å². The van der Waals surface area contributed by atoms with Crippen molar-refractivity contribution in [3.8, 4) is 10.8 Å². The third-order valence-electron chi connectivity index (χ3n) is 4.41. The maximum absolute atomic E-state index is 12.7. The number of hydrogen-bond donors (Lipinski definition) is 0. The minimum absolute atomic E-state index is 0.175. The maximum Gasteiger partial charge on any atom is 0.409 e. The number of aromatic nitrogens is 1. The number of thiazole rings is 1. The standard InChI is InChI=1S/C19H19N3O4S/c1-2-25-19(24)22-11-9-21(10-12-22)18(23)15-8-7-14(26-15)17-20-13-5-3-4-6-16(13)27-17/h3-8H,2,9-12H2,1H3. The highest BCUT2D eigenvalue weighted by molar-refractivity contribution is 7.21. The van der Waals surface area contributed by atoms with Crippen molar-refractivity contribution in [2.24, 2.45) is 0 Å². The lowest BCUT2D eigenvalue weighted by atomic mass is 10.3. The van der Waals surface area contributed by atoms with Crippen molar-refractivity contribution < 1.29 is 18.7 Å². The Hall–Kier alpha value is -2.87. The molecule has 0 aliphatic carbocycles. The molecule has 8 heteroatoms. The Labute approximate surface area is 160 Å². The number of ether oxygens (including phenoxy) is 1. The molecule has 4 rings (SSSR count). The monoisotopic (exact) mass is 385 g/mol. The Balaban J connectivity index is 1.44. The van der Waals surface area contributed by atoms with Crippen LogP contribution in [-0.4, -0.2) is 59.6 Å². The highest BCUT2D eigenvalue weighted by Crippen LogP contribution is 2.31. The first-order chi connectivity index (χ1) is 13.2. The molecular formula is C19H19N3O4S. The Bertz CT molecular complexity index is 939. The van der Waals surface area contributed by atoms with E-state index in [1.54, 1.807) is 28.9 Å². The van der Waals surface area contributed by atoms with E-state index in [1.165, 1.54) is 11.3 Å². The summed E-state index contributed by atoms with van der Waals surface area (Å²) >= 11 is 1.53. The lowest BCUT2D eigenvalue weighted by Crippen LogP contribution is -2.50. The van der Waals surface area contributed by atoms with Crippen LogP contribution >= 0.6 is 11.3 Å². The SMILES string of the molecule is CCOC(=O)N1CCN(C(=O)c2ccc(-c3nc4ccccc4s3)o2)CC1. The van der Waals surface area contributed by atoms with Gasteiger partial charge in [-0.2, -0.15) is 0 Å². The molecular weight excluding hydrogens is 366 g/mol. The smallest absolute Gasteiger partial charge is 0.409 e. The van der Waals surface area contributed by atoms with Gasteiger partial charge in [0.15, 0.2) is 16.5 Å². The van der Waals surface area contributed by atoms with Crippen LogP contribution in [0.5, 0.6) is 0 Å². The summed E-state index contributed by atoms with van der Waals surface area (Å²) < 4.78 is 11.9. The molecule has 1 aromatic carbocycles. The summed E-state index contributed by atoms with van der Waals surface area (Å²) in [4.78, 5) is 32.3. The highest BCUT2D eigenvalue weighted by atomic mass is 32.1. The first-order valence-electron chi connectivity index (χ1n) is 8.82. The fourth-order valence-electron chi connectivity index (χ4n) is 3.01. The second-order valence-electron chi connectivity index (χ2n) is 6.13. The largest absolute Gasteiger partial charge is 0.450 e. The van der Waals surface area contributed by atoms with Gasteiger partial charge in [0.2, 0.25) is 0 Å². The van der Waals surface area contributed by atoms with Gasteiger partial charge in [0, 0.05) is 26.2 Å². The van der Waals surface area contributed by atoms with Crippen LogP contribution in [-0.2, 0) is 4.74 Å². The molecule has 1 fully saturated rings. The van der Waals surface area contributed by atoms with Gasteiger partial charge in [-0.3, -0.25) is 4.79 Å². The molecule has 0 N–H and O–H groups in total. The molecule has 7 nitrogen and oxygen atoms in total. The van der Waals surface area contributed by atoms with E-state index in [2.05, 4.69) is 4.98 Å². The number of carbonyl (C=O) groups excluding carboxylic acids is 2. The third-order valence-corrected chi connectivity index (χ3v) is 5.47. The van der Waals surface area contributed by atoms with Crippen molar-refractivity contribution in [2.75, 3.05) is 32.8 Å². The Kier molecular flexibility index (Phi) is 4.81. The Morgan fingerprint density at radius 2 is 1.85 bits per heavy atom. The number of rotatable bonds is 3. The second-order valence-corrected chi connectivity index (χ2v) is 7.16. The molecule has 2 amide bonds. The van der Waals surface area contributed by atoms with Crippen molar-refractivity contribution in [2.45, 2.75) is 6.92 Å². The molecule has 0 atom stereocenters. The predicted molar refractivity (Wildman–Crippen MR) is 102 cm³/mol. The lowest BCUT2D eigenvalue weighted by molar-refractivity contribution is 0.0547. The molecule has 27 heavy (non-hydrogen) atoms. The fourth-order valence-corrected chi connectivity index (χ4v) is 3.94. The quantitative estimate of drug-likeness (QED) is 0.690. The van der Waals surface area contributed by atoms with Crippen LogP contribution in [0.15, 0.2) is 40.8 Å². The molecule has 2 aromatic heterocycles. The molecule has 3 aromatic rings. The van der Waals surface area contributed by atoms with Crippen molar-refractivity contribution in [1.29, 1.82) is 0 Å². The topological polar surface area (TPSA) is 75.9 Å². The first-order valence-corrected chi connectivity index (χ1v) is 9.64. The summed E-state index contributed by atoms with van der Waals surface area (Å²) in [6.45, 7) is 3.94. The molecule has 0 saturated carbocycles. The van der Waals surface area contributed by atoms with E-state index in [0.717, 1.165) is 15.2 Å². The lowest BCUT2D eigenvalue weighted by Gasteiger charge is -2.33. The maximum atomic E-state index is 12.7. The summed E-state index contributed by atoms with van der Waals surface area (Å²) in [5, 5.41) is 0.752. The van der Waals surface area contributed by atoms with Crippen molar-refractivity contribution in [3.05, 3.63) is 42.2 Å². The van der Waals surface area contributed by atoms with Crippen LogP contribution in [0, 0.1) is 0 Å². The van der Waals surface area contributed by atoms with Gasteiger partial charge < -0.3 is 19.0 Å². The number of para-hydroxylation sites is 1. The molecule has 140 valence electrons. The highest BCUT2D eigenvalue weighted by Gasteiger charge is 2.27. The van der Waals surface area contributed by atoms with Gasteiger partial charge in [-0.25, -0.2) is 9.78 Å². The number of hydrogen-bond acceptors (Lipinski definition) is 6. The average molecular weight is 385 g/mol. The van der Waals surface area contributed by atoms with Gasteiger partial charge in [-0.15, -0.1) is 11.3 Å². The van der Waals surface area contributed by atoms with Crippen LogP contribution in [0.2, 0.25) is 0 Å². The van der Waals surface area contributed by atoms with Gasteiger partial charge in [0.05, 0.1) is 16.8 Å². The van der Waals surface area contributed by atoms with Crippen molar-refractivity contribution in [1.82, 2.24) is 14.8 Å². The fraction of sp³-hybridized carbons (Fsp3) is 0.316. The van der Waals surface area contributed by atoms with E-state index in [0.29, 0.717) is 38.5 Å². The molecule has 0 unspecified atom stereocenters. The zero-order valence-electron chi connectivity index (χ0n) is 14.9.